The van der Waals surface area contributed by atoms with Crippen molar-refractivity contribution in [2.24, 2.45) is 10.9 Å². The van der Waals surface area contributed by atoms with Gasteiger partial charge in [-0.25, -0.2) is 13.2 Å². The molecule has 0 saturated heterocycles. The molecule has 20 heavy (non-hydrogen) atoms. The van der Waals surface area contributed by atoms with Gasteiger partial charge in [-0.1, -0.05) is 17.3 Å². The van der Waals surface area contributed by atoms with E-state index in [4.69, 9.17) is 10.9 Å². The third-order valence-electron chi connectivity index (χ3n) is 2.44. The first-order valence-corrected chi connectivity index (χ1v) is 5.88. The van der Waals surface area contributed by atoms with Gasteiger partial charge in [0.15, 0.2) is 5.84 Å². The Balaban J connectivity index is 2.45. The van der Waals surface area contributed by atoms with E-state index in [2.05, 4.69) is 15.2 Å². The highest BCUT2D eigenvalue weighted by atomic mass is 19.3. The summed E-state index contributed by atoms with van der Waals surface area (Å²) in [7, 11) is 0. The molecule has 0 spiro atoms. The lowest BCUT2D eigenvalue weighted by Crippen LogP contribution is -2.22. The van der Waals surface area contributed by atoms with Crippen LogP contribution in [0.4, 0.5) is 13.2 Å². The van der Waals surface area contributed by atoms with Crippen LogP contribution in [-0.2, 0) is 11.3 Å². The average Bonchev–Trinajstić information content (AvgIpc) is 2.43. The molecular formula is C12H16F3N3O2. The van der Waals surface area contributed by atoms with Crippen LogP contribution in [-0.4, -0.2) is 37.2 Å². The normalized spacial score (nSPS) is 12.1. The van der Waals surface area contributed by atoms with Crippen molar-refractivity contribution >= 4 is 5.84 Å². The molecule has 0 atom stereocenters. The highest BCUT2D eigenvalue weighted by molar-refractivity contribution is 5.97. The lowest BCUT2D eigenvalue weighted by atomic mass is 10.1. The topological polar surface area (TPSA) is 79.9 Å². The van der Waals surface area contributed by atoms with Crippen molar-refractivity contribution in [3.05, 3.63) is 35.1 Å². The first-order valence-electron chi connectivity index (χ1n) is 5.88. The van der Waals surface area contributed by atoms with Gasteiger partial charge in [0.25, 0.3) is 6.43 Å². The van der Waals surface area contributed by atoms with Gasteiger partial charge in [-0.2, -0.15) is 0 Å². The molecule has 4 N–H and O–H groups in total. The Kier molecular flexibility index (Phi) is 6.82. The number of amidine groups is 1. The number of rotatable bonds is 8. The third kappa shape index (κ3) is 5.06. The summed E-state index contributed by atoms with van der Waals surface area (Å²) in [4.78, 5) is 0. The van der Waals surface area contributed by atoms with Gasteiger partial charge in [-0.05, 0) is 6.07 Å². The van der Waals surface area contributed by atoms with Gasteiger partial charge in [0.05, 0.1) is 12.2 Å². The van der Waals surface area contributed by atoms with Crippen molar-refractivity contribution < 1.29 is 23.1 Å². The Hall–Kier alpha value is -1.80. The molecule has 0 amide bonds. The first-order chi connectivity index (χ1) is 9.56. The van der Waals surface area contributed by atoms with Gasteiger partial charge in [0.1, 0.15) is 12.4 Å². The van der Waals surface area contributed by atoms with Crippen molar-refractivity contribution in [1.29, 1.82) is 0 Å². The van der Waals surface area contributed by atoms with E-state index in [1.807, 2.05) is 0 Å². The summed E-state index contributed by atoms with van der Waals surface area (Å²) >= 11 is 0. The van der Waals surface area contributed by atoms with E-state index in [0.717, 1.165) is 0 Å². The summed E-state index contributed by atoms with van der Waals surface area (Å²) < 4.78 is 42.2. The lowest BCUT2D eigenvalue weighted by Gasteiger charge is -2.09. The number of nitrogens with two attached hydrogens (primary N) is 1. The fraction of sp³-hybridized carbons (Fsp3) is 0.417. The molecule has 1 aromatic rings. The summed E-state index contributed by atoms with van der Waals surface area (Å²) in [5.74, 6) is -0.909. The van der Waals surface area contributed by atoms with Crippen molar-refractivity contribution in [3.63, 3.8) is 0 Å². The number of oxime groups is 1. The molecule has 0 aliphatic rings. The van der Waals surface area contributed by atoms with Crippen molar-refractivity contribution in [2.45, 2.75) is 13.0 Å². The van der Waals surface area contributed by atoms with Crippen LogP contribution in [0.5, 0.6) is 0 Å². The predicted molar refractivity (Wildman–Crippen MR) is 67.4 cm³/mol. The number of halogens is 3. The molecule has 112 valence electrons. The molecule has 5 nitrogen and oxygen atoms in total. The van der Waals surface area contributed by atoms with Crippen molar-refractivity contribution in [3.8, 4) is 0 Å². The number of hydrogen-bond acceptors (Lipinski definition) is 4. The number of ether oxygens (including phenoxy) is 1. The van der Waals surface area contributed by atoms with Gasteiger partial charge >= 0.3 is 0 Å². The molecule has 0 unspecified atom stereocenters. The summed E-state index contributed by atoms with van der Waals surface area (Å²) in [5, 5.41) is 14.1. The number of nitrogens with one attached hydrogen (secondary N) is 1. The van der Waals surface area contributed by atoms with Gasteiger partial charge in [-0.15, -0.1) is 0 Å². The van der Waals surface area contributed by atoms with E-state index in [9.17, 15) is 13.2 Å². The summed E-state index contributed by atoms with van der Waals surface area (Å²) in [6.07, 6.45) is -2.50. The molecule has 1 rings (SSSR count). The van der Waals surface area contributed by atoms with E-state index in [-0.39, 0.29) is 24.6 Å². The highest BCUT2D eigenvalue weighted by Crippen LogP contribution is 2.12. The van der Waals surface area contributed by atoms with Gasteiger partial charge in [-0.3, -0.25) is 0 Å². The van der Waals surface area contributed by atoms with Crippen LogP contribution in [0, 0.1) is 5.82 Å². The second-order valence-corrected chi connectivity index (χ2v) is 3.91. The van der Waals surface area contributed by atoms with E-state index in [0.29, 0.717) is 12.1 Å². The number of nitrogens with zero attached hydrogens (tertiary/aromatic N) is 1. The van der Waals surface area contributed by atoms with Crippen LogP contribution in [0.1, 0.15) is 11.1 Å². The highest BCUT2D eigenvalue weighted by Gasteiger charge is 2.11. The molecule has 8 heteroatoms. The zero-order valence-electron chi connectivity index (χ0n) is 10.7. The monoisotopic (exact) mass is 291 g/mol. The third-order valence-corrected chi connectivity index (χ3v) is 2.44. The molecule has 0 radical (unpaired) electrons. The van der Waals surface area contributed by atoms with E-state index >= 15 is 0 Å². The fourth-order valence-electron chi connectivity index (χ4n) is 1.51. The maximum Gasteiger partial charge on any atom is 0.261 e. The van der Waals surface area contributed by atoms with Crippen molar-refractivity contribution in [1.82, 2.24) is 5.32 Å². The molecule has 0 aliphatic carbocycles. The summed E-state index contributed by atoms with van der Waals surface area (Å²) in [6.45, 7) is -0.0305. The van der Waals surface area contributed by atoms with E-state index in [1.54, 1.807) is 6.07 Å². The maximum atomic E-state index is 13.9. The average molecular weight is 291 g/mol. The summed E-state index contributed by atoms with van der Waals surface area (Å²) in [5.41, 5.74) is 5.66. The molecular weight excluding hydrogens is 275 g/mol. The summed E-state index contributed by atoms with van der Waals surface area (Å²) in [6, 6.07) is 4.50. The molecule has 0 fully saturated rings. The second kappa shape index (κ2) is 8.39. The quantitative estimate of drug-likeness (QED) is 0.222. The molecule has 1 aromatic carbocycles. The Morgan fingerprint density at radius 1 is 1.45 bits per heavy atom. The molecule has 0 aliphatic heterocycles. The molecule has 0 saturated carbocycles. The number of benzene rings is 1. The maximum absolute atomic E-state index is 13.9. The SMILES string of the molecule is N/C(=N/O)c1cccc(CNCCOCC(F)F)c1F. The molecule has 0 bridgehead atoms. The standard InChI is InChI=1S/C12H16F3N3O2/c13-10(14)7-20-5-4-17-6-8-2-1-3-9(11(8)15)12(16)18-19/h1-3,10,17,19H,4-7H2,(H2,16,18). The number of hydrogen-bond donors (Lipinski definition) is 3. The predicted octanol–water partition coefficient (Wildman–Crippen LogP) is 1.29. The van der Waals surface area contributed by atoms with Crippen LogP contribution in [0.2, 0.25) is 0 Å². The van der Waals surface area contributed by atoms with E-state index < -0.39 is 18.8 Å². The van der Waals surface area contributed by atoms with E-state index in [1.165, 1.54) is 12.1 Å². The van der Waals surface area contributed by atoms with Crippen LogP contribution in [0.25, 0.3) is 0 Å². The van der Waals surface area contributed by atoms with Crippen LogP contribution >= 0.6 is 0 Å². The lowest BCUT2D eigenvalue weighted by molar-refractivity contribution is 0.0187. The minimum atomic E-state index is -2.50. The molecule has 0 heterocycles. The van der Waals surface area contributed by atoms with Gasteiger partial charge in [0, 0.05) is 18.7 Å². The van der Waals surface area contributed by atoms with Crippen LogP contribution in [0.3, 0.4) is 0 Å². The fourth-order valence-corrected chi connectivity index (χ4v) is 1.51. The largest absolute Gasteiger partial charge is 0.409 e. The Morgan fingerprint density at radius 3 is 2.85 bits per heavy atom. The zero-order valence-corrected chi connectivity index (χ0v) is 10.7. The Bertz CT molecular complexity index is 456. The Labute approximate surface area is 114 Å². The van der Waals surface area contributed by atoms with Gasteiger partial charge < -0.3 is 21.0 Å². The first kappa shape index (κ1) is 16.3. The smallest absolute Gasteiger partial charge is 0.261 e. The molecule has 0 aromatic heterocycles. The minimum Gasteiger partial charge on any atom is -0.409 e. The zero-order chi connectivity index (χ0) is 15.0. The van der Waals surface area contributed by atoms with Crippen LogP contribution in [0.15, 0.2) is 23.4 Å². The second-order valence-electron chi connectivity index (χ2n) is 3.91. The minimum absolute atomic E-state index is 0.000695. The van der Waals surface area contributed by atoms with Gasteiger partial charge in [0.2, 0.25) is 0 Å². The Morgan fingerprint density at radius 2 is 2.20 bits per heavy atom. The van der Waals surface area contributed by atoms with Crippen LogP contribution < -0.4 is 11.1 Å². The van der Waals surface area contributed by atoms with Crippen molar-refractivity contribution in [2.75, 3.05) is 19.8 Å². The number of alkyl halides is 2.